The molecule has 0 saturated carbocycles. The number of aromatic nitrogens is 1. The van der Waals surface area contributed by atoms with Gasteiger partial charge in [-0.05, 0) is 31.4 Å². The first-order valence-corrected chi connectivity index (χ1v) is 8.49. The van der Waals surface area contributed by atoms with Crippen molar-refractivity contribution in [1.82, 2.24) is 10.3 Å². The molecule has 3 nitrogen and oxygen atoms in total. The molecule has 21 heavy (non-hydrogen) atoms. The van der Waals surface area contributed by atoms with Crippen LogP contribution in [0.2, 0.25) is 0 Å². The number of ether oxygens (including phenoxy) is 1. The Morgan fingerprint density at radius 3 is 2.90 bits per heavy atom. The standard InChI is InChI=1S/C17H22N2OS/c1-20-10-8-13-4-6-14(7-5-13)16-12-21-17(19-16)11-15-3-2-9-18-15/h4-7,12,15,18H,2-3,8-11H2,1H3. The summed E-state index contributed by atoms with van der Waals surface area (Å²) in [5.74, 6) is 0. The third kappa shape index (κ3) is 3.90. The zero-order valence-electron chi connectivity index (χ0n) is 12.5. The molecule has 1 aliphatic rings. The molecule has 0 spiro atoms. The van der Waals surface area contributed by atoms with E-state index in [0.717, 1.165) is 31.7 Å². The minimum absolute atomic E-state index is 0.625. The molecular formula is C17H22N2OS. The summed E-state index contributed by atoms with van der Waals surface area (Å²) >= 11 is 1.78. The summed E-state index contributed by atoms with van der Waals surface area (Å²) in [5.41, 5.74) is 3.62. The number of hydrogen-bond acceptors (Lipinski definition) is 4. The number of hydrogen-bond donors (Lipinski definition) is 1. The second-order valence-corrected chi connectivity index (χ2v) is 6.51. The van der Waals surface area contributed by atoms with Crippen molar-refractivity contribution in [3.8, 4) is 11.3 Å². The Kier molecular flexibility index (Phi) is 5.01. The smallest absolute Gasteiger partial charge is 0.0948 e. The molecule has 1 unspecified atom stereocenters. The number of thiazole rings is 1. The molecule has 1 aliphatic heterocycles. The molecule has 1 saturated heterocycles. The van der Waals surface area contributed by atoms with E-state index >= 15 is 0 Å². The van der Waals surface area contributed by atoms with Gasteiger partial charge in [-0.25, -0.2) is 4.98 Å². The molecular weight excluding hydrogens is 280 g/mol. The van der Waals surface area contributed by atoms with E-state index in [4.69, 9.17) is 9.72 Å². The first-order chi connectivity index (χ1) is 10.3. The van der Waals surface area contributed by atoms with Gasteiger partial charge in [0.25, 0.3) is 0 Å². The number of nitrogens with zero attached hydrogens (tertiary/aromatic N) is 1. The van der Waals surface area contributed by atoms with Gasteiger partial charge in [-0.3, -0.25) is 0 Å². The van der Waals surface area contributed by atoms with E-state index in [1.807, 2.05) is 0 Å². The van der Waals surface area contributed by atoms with Gasteiger partial charge >= 0.3 is 0 Å². The fourth-order valence-electron chi connectivity index (χ4n) is 2.74. The van der Waals surface area contributed by atoms with Crippen LogP contribution in [-0.2, 0) is 17.6 Å². The summed E-state index contributed by atoms with van der Waals surface area (Å²) < 4.78 is 5.11. The van der Waals surface area contributed by atoms with Crippen LogP contribution in [0.5, 0.6) is 0 Å². The summed E-state index contributed by atoms with van der Waals surface area (Å²) in [6, 6.07) is 9.30. The number of benzene rings is 1. The Morgan fingerprint density at radius 1 is 1.33 bits per heavy atom. The van der Waals surface area contributed by atoms with Crippen molar-refractivity contribution in [3.63, 3.8) is 0 Å². The lowest BCUT2D eigenvalue weighted by molar-refractivity contribution is 0.202. The highest BCUT2D eigenvalue weighted by Crippen LogP contribution is 2.24. The van der Waals surface area contributed by atoms with Crippen LogP contribution in [0.15, 0.2) is 29.6 Å². The van der Waals surface area contributed by atoms with Gasteiger partial charge < -0.3 is 10.1 Å². The van der Waals surface area contributed by atoms with Crippen molar-refractivity contribution < 1.29 is 4.74 Å². The minimum Gasteiger partial charge on any atom is -0.384 e. The maximum atomic E-state index is 5.11. The van der Waals surface area contributed by atoms with Gasteiger partial charge in [0.15, 0.2) is 0 Å². The molecule has 0 aliphatic carbocycles. The Morgan fingerprint density at radius 2 is 2.19 bits per heavy atom. The highest BCUT2D eigenvalue weighted by Gasteiger charge is 2.16. The SMILES string of the molecule is COCCc1ccc(-c2csc(CC3CCCN3)n2)cc1. The molecule has 0 bridgehead atoms. The molecule has 1 N–H and O–H groups in total. The number of rotatable bonds is 6. The maximum absolute atomic E-state index is 5.11. The molecule has 3 rings (SSSR count). The van der Waals surface area contributed by atoms with E-state index < -0.39 is 0 Å². The second kappa shape index (κ2) is 7.16. The Balaban J connectivity index is 1.64. The average molecular weight is 302 g/mol. The monoisotopic (exact) mass is 302 g/mol. The number of methoxy groups -OCH3 is 1. The van der Waals surface area contributed by atoms with E-state index in [0.29, 0.717) is 6.04 Å². The lowest BCUT2D eigenvalue weighted by Gasteiger charge is -2.06. The van der Waals surface area contributed by atoms with Crippen LogP contribution in [0, 0.1) is 0 Å². The van der Waals surface area contributed by atoms with E-state index in [9.17, 15) is 0 Å². The highest BCUT2D eigenvalue weighted by molar-refractivity contribution is 7.09. The van der Waals surface area contributed by atoms with Gasteiger partial charge in [0.2, 0.25) is 0 Å². The van der Waals surface area contributed by atoms with Gasteiger partial charge in [0, 0.05) is 30.5 Å². The van der Waals surface area contributed by atoms with Crippen molar-refractivity contribution in [1.29, 1.82) is 0 Å². The lowest BCUT2D eigenvalue weighted by Crippen LogP contribution is -2.23. The van der Waals surface area contributed by atoms with Gasteiger partial charge in [0.05, 0.1) is 17.3 Å². The van der Waals surface area contributed by atoms with Crippen LogP contribution in [0.25, 0.3) is 11.3 Å². The van der Waals surface area contributed by atoms with Crippen molar-refractivity contribution in [3.05, 3.63) is 40.2 Å². The van der Waals surface area contributed by atoms with Crippen LogP contribution < -0.4 is 5.32 Å². The van der Waals surface area contributed by atoms with Crippen molar-refractivity contribution in [2.75, 3.05) is 20.3 Å². The zero-order chi connectivity index (χ0) is 14.5. The molecule has 2 aromatic rings. The van der Waals surface area contributed by atoms with Crippen LogP contribution in [0.4, 0.5) is 0 Å². The van der Waals surface area contributed by atoms with E-state index in [1.54, 1.807) is 18.4 Å². The average Bonchev–Trinajstić information content (AvgIpc) is 3.18. The Bertz CT molecular complexity index is 558. The van der Waals surface area contributed by atoms with E-state index in [2.05, 4.69) is 35.0 Å². The molecule has 4 heteroatoms. The first-order valence-electron chi connectivity index (χ1n) is 7.61. The predicted octanol–water partition coefficient (Wildman–Crippen LogP) is 3.29. The fraction of sp³-hybridized carbons (Fsp3) is 0.471. The molecule has 1 atom stereocenters. The Hall–Kier alpha value is -1.23. The normalized spacial score (nSPS) is 18.2. The summed E-state index contributed by atoms with van der Waals surface area (Å²) in [7, 11) is 1.74. The number of nitrogens with one attached hydrogen (secondary N) is 1. The quantitative estimate of drug-likeness (QED) is 0.889. The Labute approximate surface area is 130 Å². The minimum atomic E-state index is 0.625. The topological polar surface area (TPSA) is 34.1 Å². The maximum Gasteiger partial charge on any atom is 0.0948 e. The molecule has 1 aromatic heterocycles. The third-order valence-corrected chi connectivity index (χ3v) is 4.85. The van der Waals surface area contributed by atoms with Crippen LogP contribution in [0.1, 0.15) is 23.4 Å². The lowest BCUT2D eigenvalue weighted by atomic mass is 10.1. The highest BCUT2D eigenvalue weighted by atomic mass is 32.1. The predicted molar refractivity (Wildman–Crippen MR) is 87.9 cm³/mol. The largest absolute Gasteiger partial charge is 0.384 e. The summed E-state index contributed by atoms with van der Waals surface area (Å²) in [4.78, 5) is 4.79. The van der Waals surface area contributed by atoms with Gasteiger partial charge in [0.1, 0.15) is 0 Å². The van der Waals surface area contributed by atoms with Crippen molar-refractivity contribution >= 4 is 11.3 Å². The van der Waals surface area contributed by atoms with Gasteiger partial charge in [-0.1, -0.05) is 24.3 Å². The van der Waals surface area contributed by atoms with Gasteiger partial charge in [-0.15, -0.1) is 11.3 Å². The molecule has 0 radical (unpaired) electrons. The molecule has 112 valence electrons. The second-order valence-electron chi connectivity index (χ2n) is 5.56. The van der Waals surface area contributed by atoms with Crippen LogP contribution in [-0.4, -0.2) is 31.3 Å². The van der Waals surface area contributed by atoms with Gasteiger partial charge in [-0.2, -0.15) is 0 Å². The molecule has 2 heterocycles. The molecule has 1 fully saturated rings. The van der Waals surface area contributed by atoms with E-state index in [1.165, 1.54) is 29.0 Å². The summed E-state index contributed by atoms with van der Waals surface area (Å²) in [5, 5.41) is 6.95. The molecule has 1 aromatic carbocycles. The van der Waals surface area contributed by atoms with E-state index in [-0.39, 0.29) is 0 Å². The summed E-state index contributed by atoms with van der Waals surface area (Å²) in [6.45, 7) is 1.93. The van der Waals surface area contributed by atoms with Crippen molar-refractivity contribution in [2.45, 2.75) is 31.7 Å². The molecule has 0 amide bonds. The summed E-state index contributed by atoms with van der Waals surface area (Å²) in [6.07, 6.45) is 4.61. The first kappa shape index (κ1) is 14.7. The fourth-order valence-corrected chi connectivity index (χ4v) is 3.63. The third-order valence-electron chi connectivity index (χ3n) is 3.98. The van der Waals surface area contributed by atoms with Crippen LogP contribution in [0.3, 0.4) is 0 Å². The zero-order valence-corrected chi connectivity index (χ0v) is 13.3. The van der Waals surface area contributed by atoms with Crippen LogP contribution >= 0.6 is 11.3 Å². The van der Waals surface area contributed by atoms with Crippen molar-refractivity contribution in [2.24, 2.45) is 0 Å².